The second-order valence-corrected chi connectivity index (χ2v) is 8.69. The number of aryl methyl sites for hydroxylation is 1. The molecule has 2 amide bonds. The van der Waals surface area contributed by atoms with Crippen molar-refractivity contribution in [2.45, 2.75) is 50.8 Å². The van der Waals surface area contributed by atoms with Gasteiger partial charge in [0.2, 0.25) is 0 Å². The first kappa shape index (κ1) is 24.2. The molecule has 2 fully saturated rings. The second-order valence-electron chi connectivity index (χ2n) is 8.69. The van der Waals surface area contributed by atoms with Crippen LogP contribution in [-0.4, -0.2) is 72.2 Å². The normalized spacial score (nSPS) is 18.9. The lowest BCUT2D eigenvalue weighted by Gasteiger charge is -2.33. The summed E-state index contributed by atoms with van der Waals surface area (Å²) in [5.74, 6) is -0.331. The van der Waals surface area contributed by atoms with Crippen molar-refractivity contribution in [3.05, 3.63) is 47.5 Å². The Morgan fingerprint density at radius 3 is 2.76 bits per heavy atom. The maximum absolute atomic E-state index is 13.5. The standard InChI is InChI=1S/C24H32FN5O4/c1-16(29(18-9-10-18)23(31)22-15-26-12-13-34-22)21-14-20(4-3-11-27-24(32)33-2)30(28-21)19-7-5-17(25)6-8-19/h5-8,14,16,18,22,26H,3-4,9-13,15H2,1-2H3,(H,27,32)/t16-,22-/m1/s1. The number of hydrogen-bond donors (Lipinski definition) is 2. The number of carbonyl (C=O) groups is 2. The van der Waals surface area contributed by atoms with E-state index < -0.39 is 12.2 Å². The van der Waals surface area contributed by atoms with E-state index in [9.17, 15) is 14.0 Å². The molecule has 0 bridgehead atoms. The highest BCUT2D eigenvalue weighted by Gasteiger charge is 2.40. The molecule has 1 saturated heterocycles. The molecule has 9 nitrogen and oxygen atoms in total. The van der Waals surface area contributed by atoms with Crippen LogP contribution < -0.4 is 10.6 Å². The molecule has 4 rings (SSSR count). The zero-order chi connectivity index (χ0) is 24.1. The Bertz CT molecular complexity index is 986. The van der Waals surface area contributed by atoms with Crippen LogP contribution in [0.3, 0.4) is 0 Å². The first-order chi connectivity index (χ1) is 16.5. The molecule has 1 saturated carbocycles. The number of rotatable bonds is 9. The summed E-state index contributed by atoms with van der Waals surface area (Å²) in [6.45, 7) is 4.22. The molecule has 2 heterocycles. The van der Waals surface area contributed by atoms with Crippen molar-refractivity contribution in [2.24, 2.45) is 0 Å². The summed E-state index contributed by atoms with van der Waals surface area (Å²) in [4.78, 5) is 26.6. The SMILES string of the molecule is COC(=O)NCCCc1cc([C@@H](C)N(C(=O)[C@H]2CNCCO2)C2CC2)nn1-c1ccc(F)cc1. The summed E-state index contributed by atoms with van der Waals surface area (Å²) in [7, 11) is 1.33. The first-order valence-corrected chi connectivity index (χ1v) is 11.8. The summed E-state index contributed by atoms with van der Waals surface area (Å²) < 4.78 is 25.7. The van der Waals surface area contributed by atoms with Gasteiger partial charge in [-0.2, -0.15) is 5.10 Å². The number of nitrogens with one attached hydrogen (secondary N) is 2. The van der Waals surface area contributed by atoms with Crippen LogP contribution >= 0.6 is 0 Å². The minimum Gasteiger partial charge on any atom is -0.453 e. The monoisotopic (exact) mass is 473 g/mol. The molecular weight excluding hydrogens is 441 g/mol. The van der Waals surface area contributed by atoms with Crippen LogP contribution in [-0.2, 0) is 20.7 Å². The van der Waals surface area contributed by atoms with E-state index >= 15 is 0 Å². The fourth-order valence-corrected chi connectivity index (χ4v) is 4.23. The van der Waals surface area contributed by atoms with Gasteiger partial charge in [-0.15, -0.1) is 0 Å². The van der Waals surface area contributed by atoms with Crippen molar-refractivity contribution in [1.82, 2.24) is 25.3 Å². The summed E-state index contributed by atoms with van der Waals surface area (Å²) in [5, 5.41) is 10.7. The van der Waals surface area contributed by atoms with Crippen LogP contribution in [0.2, 0.25) is 0 Å². The Morgan fingerprint density at radius 1 is 1.35 bits per heavy atom. The summed E-state index contributed by atoms with van der Waals surface area (Å²) in [6, 6.07) is 8.11. The average Bonchev–Trinajstić information content (AvgIpc) is 3.60. The Morgan fingerprint density at radius 2 is 2.12 bits per heavy atom. The van der Waals surface area contributed by atoms with Crippen molar-refractivity contribution in [3.8, 4) is 5.69 Å². The third kappa shape index (κ3) is 5.74. The molecule has 10 heteroatoms. The van der Waals surface area contributed by atoms with E-state index in [1.165, 1.54) is 19.2 Å². The molecule has 2 aliphatic rings. The highest BCUT2D eigenvalue weighted by Crippen LogP contribution is 2.35. The summed E-state index contributed by atoms with van der Waals surface area (Å²) >= 11 is 0. The van der Waals surface area contributed by atoms with Gasteiger partial charge in [0.15, 0.2) is 0 Å². The number of hydrogen-bond acceptors (Lipinski definition) is 6. The van der Waals surface area contributed by atoms with Crippen LogP contribution in [0.15, 0.2) is 30.3 Å². The number of morpholine rings is 1. The van der Waals surface area contributed by atoms with E-state index in [-0.39, 0.29) is 23.8 Å². The van der Waals surface area contributed by atoms with Gasteiger partial charge in [0, 0.05) is 31.4 Å². The van der Waals surface area contributed by atoms with Crippen LogP contribution in [0, 0.1) is 5.82 Å². The predicted octanol–water partition coefficient (Wildman–Crippen LogP) is 2.34. The van der Waals surface area contributed by atoms with Gasteiger partial charge < -0.3 is 25.0 Å². The van der Waals surface area contributed by atoms with Gasteiger partial charge in [-0.1, -0.05) is 0 Å². The molecule has 0 unspecified atom stereocenters. The third-order valence-electron chi connectivity index (χ3n) is 6.18. The fraction of sp³-hybridized carbons (Fsp3) is 0.542. The molecule has 1 aliphatic heterocycles. The van der Waals surface area contributed by atoms with Crippen molar-refractivity contribution < 1.29 is 23.5 Å². The number of alkyl carbamates (subject to hydrolysis) is 1. The molecule has 2 atom stereocenters. The van der Waals surface area contributed by atoms with Gasteiger partial charge in [-0.3, -0.25) is 4.79 Å². The van der Waals surface area contributed by atoms with Gasteiger partial charge in [-0.25, -0.2) is 13.9 Å². The lowest BCUT2D eigenvalue weighted by Crippen LogP contribution is -2.50. The average molecular weight is 474 g/mol. The van der Waals surface area contributed by atoms with Gasteiger partial charge in [0.1, 0.15) is 11.9 Å². The molecule has 2 N–H and O–H groups in total. The lowest BCUT2D eigenvalue weighted by molar-refractivity contribution is -0.148. The van der Waals surface area contributed by atoms with Gasteiger partial charge in [-0.05, 0) is 62.9 Å². The molecule has 34 heavy (non-hydrogen) atoms. The minimum absolute atomic E-state index is 0.0117. The Kier molecular flexibility index (Phi) is 7.79. The Balaban J connectivity index is 1.56. The number of halogens is 1. The highest BCUT2D eigenvalue weighted by atomic mass is 19.1. The first-order valence-electron chi connectivity index (χ1n) is 11.8. The molecule has 1 aromatic carbocycles. The van der Waals surface area contributed by atoms with E-state index in [1.807, 2.05) is 17.9 Å². The van der Waals surface area contributed by atoms with Crippen molar-refractivity contribution >= 4 is 12.0 Å². The van der Waals surface area contributed by atoms with Crippen molar-refractivity contribution in [3.63, 3.8) is 0 Å². The van der Waals surface area contributed by atoms with Crippen molar-refractivity contribution in [2.75, 3.05) is 33.4 Å². The number of aromatic nitrogens is 2. The highest BCUT2D eigenvalue weighted by molar-refractivity contribution is 5.82. The zero-order valence-electron chi connectivity index (χ0n) is 19.6. The maximum Gasteiger partial charge on any atom is 0.406 e. The molecule has 0 radical (unpaired) electrons. The van der Waals surface area contributed by atoms with Crippen LogP contribution in [0.1, 0.15) is 43.6 Å². The van der Waals surface area contributed by atoms with Crippen LogP contribution in [0.4, 0.5) is 9.18 Å². The Labute approximate surface area is 198 Å². The zero-order valence-corrected chi connectivity index (χ0v) is 19.6. The van der Waals surface area contributed by atoms with E-state index in [1.54, 1.807) is 16.8 Å². The molecule has 0 spiro atoms. The molecule has 1 aliphatic carbocycles. The van der Waals surface area contributed by atoms with Gasteiger partial charge in [0.25, 0.3) is 5.91 Å². The number of carbonyl (C=O) groups excluding carboxylic acids is 2. The molecule has 184 valence electrons. The molecular formula is C24H32FN5O4. The van der Waals surface area contributed by atoms with Gasteiger partial charge in [0.05, 0.1) is 31.1 Å². The third-order valence-corrected chi connectivity index (χ3v) is 6.18. The van der Waals surface area contributed by atoms with E-state index in [0.717, 1.165) is 36.5 Å². The summed E-state index contributed by atoms with van der Waals surface area (Å²) in [6.07, 6.45) is 2.29. The number of nitrogens with zero attached hydrogens (tertiary/aromatic N) is 3. The maximum atomic E-state index is 13.5. The van der Waals surface area contributed by atoms with E-state index in [4.69, 9.17) is 9.84 Å². The quantitative estimate of drug-likeness (QED) is 0.543. The van der Waals surface area contributed by atoms with Gasteiger partial charge >= 0.3 is 6.09 Å². The second kappa shape index (κ2) is 11.0. The number of benzene rings is 1. The number of amides is 2. The van der Waals surface area contributed by atoms with Crippen molar-refractivity contribution in [1.29, 1.82) is 0 Å². The summed E-state index contributed by atoms with van der Waals surface area (Å²) in [5.41, 5.74) is 2.42. The topological polar surface area (TPSA) is 97.7 Å². The lowest BCUT2D eigenvalue weighted by atomic mass is 10.1. The smallest absolute Gasteiger partial charge is 0.406 e. The van der Waals surface area contributed by atoms with Crippen LogP contribution in [0.5, 0.6) is 0 Å². The number of ether oxygens (including phenoxy) is 2. The number of methoxy groups -OCH3 is 1. The Hall–Kier alpha value is -2.98. The van der Waals surface area contributed by atoms with E-state index in [2.05, 4.69) is 15.4 Å². The molecule has 2 aromatic rings. The van der Waals surface area contributed by atoms with E-state index in [0.29, 0.717) is 32.5 Å². The minimum atomic E-state index is -0.486. The fourth-order valence-electron chi connectivity index (χ4n) is 4.23. The van der Waals surface area contributed by atoms with Crippen LogP contribution in [0.25, 0.3) is 5.69 Å². The largest absolute Gasteiger partial charge is 0.453 e. The predicted molar refractivity (Wildman–Crippen MR) is 123 cm³/mol. The molecule has 1 aromatic heterocycles.